The number of hydrogen-bond donors (Lipinski definition) is 0. The maximum Gasteiger partial charge on any atom is 0.297 e. The van der Waals surface area contributed by atoms with Crippen LogP contribution in [0, 0.1) is 0 Å². The van der Waals surface area contributed by atoms with Crippen LogP contribution >= 0.6 is 40.3 Å². The van der Waals surface area contributed by atoms with Crippen molar-refractivity contribution < 1.29 is 15.9 Å². The van der Waals surface area contributed by atoms with E-state index in [0.717, 1.165) is 17.8 Å². The summed E-state index contributed by atoms with van der Waals surface area (Å²) in [5.41, 5.74) is -3.33. The Labute approximate surface area is 134 Å². The SMILES string of the molecule is [2H]C([2H])([2H])C([2H])([2H])OP(=S)(Oc1ccc(Cl)cc1Cl)SCCC. The zero-order chi connectivity index (χ0) is 17.9. The number of benzene rings is 1. The van der Waals surface area contributed by atoms with E-state index in [1.54, 1.807) is 0 Å². The fraction of sp³-hybridized carbons (Fsp3) is 0.455. The van der Waals surface area contributed by atoms with Crippen LogP contribution in [0.25, 0.3) is 0 Å². The van der Waals surface area contributed by atoms with Crippen molar-refractivity contribution in [3.05, 3.63) is 28.2 Å². The van der Waals surface area contributed by atoms with Crippen molar-refractivity contribution in [1.82, 2.24) is 0 Å². The van der Waals surface area contributed by atoms with Gasteiger partial charge < -0.3 is 9.05 Å². The van der Waals surface area contributed by atoms with Crippen molar-refractivity contribution in [3.8, 4) is 5.75 Å². The highest BCUT2D eigenvalue weighted by molar-refractivity contribution is 8.68. The molecule has 1 aromatic rings. The maximum absolute atomic E-state index is 7.62. The second kappa shape index (κ2) is 7.98. The molecule has 1 rings (SSSR count). The lowest BCUT2D eigenvalue weighted by atomic mass is 10.3. The topological polar surface area (TPSA) is 18.5 Å². The summed E-state index contributed by atoms with van der Waals surface area (Å²) in [7, 11) is 0. The first-order chi connectivity index (χ1) is 10.4. The Kier molecular flexibility index (Phi) is 4.57. The highest BCUT2D eigenvalue weighted by atomic mass is 35.5. The summed E-state index contributed by atoms with van der Waals surface area (Å²) in [5, 5.41) is 0.581. The van der Waals surface area contributed by atoms with Gasteiger partial charge in [-0.3, -0.25) is 0 Å². The van der Waals surface area contributed by atoms with Crippen molar-refractivity contribution in [1.29, 1.82) is 0 Å². The first-order valence-electron chi connectivity index (χ1n) is 7.50. The van der Waals surface area contributed by atoms with Crippen LogP contribution in [-0.4, -0.2) is 12.3 Å². The molecule has 1 atom stereocenters. The van der Waals surface area contributed by atoms with E-state index in [1.165, 1.54) is 18.2 Å². The van der Waals surface area contributed by atoms with Crippen LogP contribution in [0.2, 0.25) is 10.0 Å². The summed E-state index contributed by atoms with van der Waals surface area (Å²) in [6.07, 6.45) is 0.737. The van der Waals surface area contributed by atoms with Crippen LogP contribution in [0.4, 0.5) is 0 Å². The fourth-order valence-electron chi connectivity index (χ4n) is 1.00. The molecular formula is C11H15Cl2O2PS2. The van der Waals surface area contributed by atoms with Gasteiger partial charge in [0.15, 0.2) is 0 Å². The molecule has 102 valence electrons. The molecule has 0 amide bonds. The average molecular weight is 350 g/mol. The fourth-order valence-corrected chi connectivity index (χ4v) is 5.47. The Hall–Kier alpha value is 0.560. The molecule has 0 saturated heterocycles. The van der Waals surface area contributed by atoms with Gasteiger partial charge in [-0.15, -0.1) is 0 Å². The second-order valence-electron chi connectivity index (χ2n) is 3.14. The van der Waals surface area contributed by atoms with Crippen molar-refractivity contribution in [2.75, 3.05) is 12.3 Å². The second-order valence-corrected chi connectivity index (χ2v) is 10.3. The highest BCUT2D eigenvalue weighted by Gasteiger charge is 2.22. The van der Waals surface area contributed by atoms with E-state index in [-0.39, 0.29) is 10.8 Å². The molecule has 0 aromatic heterocycles. The summed E-state index contributed by atoms with van der Waals surface area (Å²) in [5.74, 6) is 0.698. The molecule has 18 heavy (non-hydrogen) atoms. The van der Waals surface area contributed by atoms with Crippen LogP contribution in [0.15, 0.2) is 18.2 Å². The Balaban J connectivity index is 3.09. The van der Waals surface area contributed by atoms with Crippen LogP contribution in [0.3, 0.4) is 0 Å². The number of hydrogen-bond acceptors (Lipinski definition) is 4. The van der Waals surface area contributed by atoms with Gasteiger partial charge in [0.25, 0.3) is 5.69 Å². The molecule has 0 N–H and O–H groups in total. The Morgan fingerprint density at radius 1 is 1.56 bits per heavy atom. The zero-order valence-electron chi connectivity index (χ0n) is 14.5. The third-order valence-electron chi connectivity index (χ3n) is 1.72. The summed E-state index contributed by atoms with van der Waals surface area (Å²) < 4.78 is 47.7. The first kappa shape index (κ1) is 10.3. The van der Waals surface area contributed by atoms with Crippen LogP contribution in [-0.2, 0) is 16.3 Å². The van der Waals surface area contributed by atoms with Gasteiger partial charge in [0.05, 0.1) is 14.3 Å². The van der Waals surface area contributed by atoms with E-state index >= 15 is 0 Å². The average Bonchev–Trinajstić information content (AvgIpc) is 2.38. The van der Waals surface area contributed by atoms with Crippen LogP contribution in [0.1, 0.15) is 27.1 Å². The van der Waals surface area contributed by atoms with Gasteiger partial charge in [0, 0.05) is 14.9 Å². The molecule has 0 aliphatic carbocycles. The number of rotatable bonds is 7. The highest BCUT2D eigenvalue weighted by Crippen LogP contribution is 2.61. The van der Waals surface area contributed by atoms with Gasteiger partial charge in [-0.1, -0.05) is 41.5 Å². The van der Waals surface area contributed by atoms with E-state index in [0.29, 0.717) is 10.8 Å². The molecule has 0 radical (unpaired) electrons. The smallest absolute Gasteiger partial charge is 0.297 e. The zero-order valence-corrected chi connectivity index (χ0v) is 13.5. The summed E-state index contributed by atoms with van der Waals surface area (Å²) >= 11 is 18.2. The lowest BCUT2D eigenvalue weighted by Gasteiger charge is -2.21. The quantitative estimate of drug-likeness (QED) is 0.580. The first-order valence-corrected chi connectivity index (χ1v) is 9.99. The van der Waals surface area contributed by atoms with Gasteiger partial charge in [0.2, 0.25) is 0 Å². The third kappa shape index (κ3) is 5.28. The van der Waals surface area contributed by atoms with Crippen molar-refractivity contribution >= 4 is 52.1 Å². The molecule has 0 spiro atoms. The molecule has 0 heterocycles. The maximum atomic E-state index is 7.62. The minimum absolute atomic E-state index is 0.171. The van der Waals surface area contributed by atoms with Gasteiger partial charge in [-0.05, 0) is 43.3 Å². The minimum Gasteiger partial charge on any atom is -0.435 e. The largest absolute Gasteiger partial charge is 0.435 e. The normalized spacial score (nSPS) is 19.8. The molecule has 0 fully saturated rings. The molecule has 7 heteroatoms. The van der Waals surface area contributed by atoms with E-state index in [9.17, 15) is 0 Å². The molecule has 0 aliphatic rings. The van der Waals surface area contributed by atoms with E-state index in [2.05, 4.69) is 0 Å². The van der Waals surface area contributed by atoms with E-state index in [4.69, 9.17) is 50.9 Å². The van der Waals surface area contributed by atoms with E-state index < -0.39 is 19.1 Å². The molecule has 0 saturated carbocycles. The van der Waals surface area contributed by atoms with Crippen LogP contribution in [0.5, 0.6) is 5.75 Å². The molecule has 0 bridgehead atoms. The van der Waals surface area contributed by atoms with Gasteiger partial charge >= 0.3 is 0 Å². The van der Waals surface area contributed by atoms with Crippen LogP contribution < -0.4 is 4.52 Å². The van der Waals surface area contributed by atoms with Crippen molar-refractivity contribution in [2.45, 2.75) is 20.2 Å². The predicted molar refractivity (Wildman–Crippen MR) is 85.8 cm³/mol. The molecular weight excluding hydrogens is 330 g/mol. The number of halogens is 2. The molecule has 0 aliphatic heterocycles. The monoisotopic (exact) mass is 349 g/mol. The summed E-state index contributed by atoms with van der Waals surface area (Å²) in [6.45, 7) is -4.01. The third-order valence-corrected chi connectivity index (χ3v) is 7.23. The molecule has 1 aromatic carbocycles. The summed E-state index contributed by atoms with van der Waals surface area (Å²) in [6, 6.07) is 4.46. The van der Waals surface area contributed by atoms with Crippen molar-refractivity contribution in [2.24, 2.45) is 0 Å². The van der Waals surface area contributed by atoms with Gasteiger partial charge in [-0.2, -0.15) is 0 Å². The minimum atomic E-state index is -3.33. The Morgan fingerprint density at radius 3 is 2.94 bits per heavy atom. The van der Waals surface area contributed by atoms with Crippen molar-refractivity contribution in [3.63, 3.8) is 0 Å². The lowest BCUT2D eigenvalue weighted by Crippen LogP contribution is -1.96. The Bertz CT molecular complexity index is 600. The van der Waals surface area contributed by atoms with E-state index in [1.807, 2.05) is 6.92 Å². The lowest BCUT2D eigenvalue weighted by molar-refractivity contribution is 0.344. The predicted octanol–water partition coefficient (Wildman–Crippen LogP) is 5.78. The standard InChI is InChI=1S/C11H15Cl2O2PS2/c1-3-7-18-16(17,14-4-2)15-11-6-5-9(12)8-10(11)13/h5-6,8H,3-4,7H2,1-2H3/i2D3,4D2. The Morgan fingerprint density at radius 2 is 2.33 bits per heavy atom. The van der Waals surface area contributed by atoms with Gasteiger partial charge in [0.1, 0.15) is 5.75 Å². The molecule has 1 unspecified atom stereocenters. The summed E-state index contributed by atoms with van der Waals surface area (Å²) in [4.78, 5) is 0. The molecule has 2 nitrogen and oxygen atoms in total. The van der Waals surface area contributed by atoms with Gasteiger partial charge in [-0.25, -0.2) is 0 Å².